The number of nitrogens with one attached hydrogen (secondary N) is 1. The molecule has 112 valence electrons. The monoisotopic (exact) mass is 299 g/mol. The van der Waals surface area contributed by atoms with Crippen LogP contribution >= 0.6 is 11.3 Å². The number of ether oxygens (including phenoxy) is 1. The lowest BCUT2D eigenvalue weighted by Crippen LogP contribution is -2.46. The molecule has 1 amide bonds. The Kier molecular flexibility index (Phi) is 4.95. The molecule has 0 spiro atoms. The molecule has 2 heterocycles. The summed E-state index contributed by atoms with van der Waals surface area (Å²) in [6, 6.07) is -0.267. The first-order valence-electron chi connectivity index (χ1n) is 6.86. The number of nitrogens with zero attached hydrogens (tertiary/aromatic N) is 2. The molecule has 1 aromatic rings. The number of rotatable bonds is 5. The third-order valence-electron chi connectivity index (χ3n) is 3.34. The van der Waals surface area contributed by atoms with Crippen LogP contribution in [0.3, 0.4) is 0 Å². The lowest BCUT2D eigenvalue weighted by Gasteiger charge is -2.28. The first kappa shape index (κ1) is 15.2. The highest BCUT2D eigenvalue weighted by molar-refractivity contribution is 7.17. The summed E-state index contributed by atoms with van der Waals surface area (Å²) in [6.07, 6.45) is -0.611. The number of anilines is 1. The van der Waals surface area contributed by atoms with Gasteiger partial charge in [-0.15, -0.1) is 0 Å². The van der Waals surface area contributed by atoms with Gasteiger partial charge in [-0.05, 0) is 20.8 Å². The van der Waals surface area contributed by atoms with Crippen LogP contribution in [0.15, 0.2) is 0 Å². The van der Waals surface area contributed by atoms with E-state index < -0.39 is 6.10 Å². The molecule has 0 radical (unpaired) electrons. The number of likely N-dealkylation sites (N-methyl/N-ethyl adjacent to an activating group) is 1. The summed E-state index contributed by atoms with van der Waals surface area (Å²) in [5.74, 6) is -0.0822. The summed E-state index contributed by atoms with van der Waals surface area (Å²) in [5, 5.41) is 13.8. The van der Waals surface area contributed by atoms with Gasteiger partial charge in [0.2, 0.25) is 0 Å². The van der Waals surface area contributed by atoms with Gasteiger partial charge in [-0.1, -0.05) is 11.3 Å². The zero-order valence-corrected chi connectivity index (χ0v) is 12.9. The minimum atomic E-state index is -0.611. The Balaban J connectivity index is 2.19. The molecule has 0 bridgehead atoms. The molecule has 1 fully saturated rings. The Morgan fingerprint density at radius 2 is 2.30 bits per heavy atom. The fourth-order valence-corrected chi connectivity index (χ4v) is 3.30. The van der Waals surface area contributed by atoms with Crippen LogP contribution in [0.1, 0.15) is 29.2 Å². The van der Waals surface area contributed by atoms with Crippen LogP contribution in [0, 0.1) is 6.92 Å². The van der Waals surface area contributed by atoms with Crippen LogP contribution in [0.5, 0.6) is 0 Å². The molecule has 0 aliphatic carbocycles. The molecular formula is C13H21N3O3S. The van der Waals surface area contributed by atoms with Crippen molar-refractivity contribution in [3.05, 3.63) is 10.6 Å². The minimum Gasteiger partial charge on any atom is -0.388 e. The number of aromatic nitrogens is 1. The molecule has 0 aromatic carbocycles. The maximum atomic E-state index is 12.6. The highest BCUT2D eigenvalue weighted by atomic mass is 32.1. The first-order chi connectivity index (χ1) is 9.58. The summed E-state index contributed by atoms with van der Waals surface area (Å²) < 4.78 is 5.24. The number of amides is 1. The number of aliphatic hydroxyl groups excluding tert-OH is 1. The van der Waals surface area contributed by atoms with Gasteiger partial charge in [0.15, 0.2) is 5.13 Å². The second kappa shape index (κ2) is 6.51. The van der Waals surface area contributed by atoms with E-state index in [2.05, 4.69) is 10.3 Å². The normalized spacial score (nSPS) is 22.0. The Hall–Kier alpha value is -1.18. The van der Waals surface area contributed by atoms with Crippen molar-refractivity contribution in [3.63, 3.8) is 0 Å². The van der Waals surface area contributed by atoms with Crippen molar-refractivity contribution in [2.75, 3.05) is 31.6 Å². The van der Waals surface area contributed by atoms with E-state index in [1.54, 1.807) is 4.90 Å². The van der Waals surface area contributed by atoms with Crippen LogP contribution < -0.4 is 5.32 Å². The Bertz CT molecular complexity index is 477. The maximum absolute atomic E-state index is 12.6. The molecule has 1 aliphatic rings. The molecule has 2 atom stereocenters. The van der Waals surface area contributed by atoms with E-state index in [1.807, 2.05) is 20.8 Å². The van der Waals surface area contributed by atoms with E-state index in [-0.39, 0.29) is 11.9 Å². The molecule has 1 aliphatic heterocycles. The maximum Gasteiger partial charge on any atom is 0.266 e. The average molecular weight is 299 g/mol. The fourth-order valence-electron chi connectivity index (χ4n) is 2.31. The number of carbonyl (C=O) groups is 1. The van der Waals surface area contributed by atoms with Crippen molar-refractivity contribution in [3.8, 4) is 0 Å². The van der Waals surface area contributed by atoms with Crippen LogP contribution in [0.2, 0.25) is 0 Å². The summed E-state index contributed by atoms with van der Waals surface area (Å²) in [5.41, 5.74) is 0.725. The third kappa shape index (κ3) is 2.94. The van der Waals surface area contributed by atoms with Crippen molar-refractivity contribution in [1.82, 2.24) is 9.88 Å². The van der Waals surface area contributed by atoms with E-state index in [4.69, 9.17) is 4.74 Å². The number of carbonyl (C=O) groups excluding carboxylic acids is 1. The average Bonchev–Trinajstić information content (AvgIpc) is 2.98. The molecule has 0 saturated carbocycles. The van der Waals surface area contributed by atoms with Crippen LogP contribution in [-0.2, 0) is 4.74 Å². The number of aliphatic hydroxyl groups is 1. The minimum absolute atomic E-state index is 0.0822. The molecule has 1 saturated heterocycles. The first-order valence-corrected chi connectivity index (χ1v) is 7.68. The third-order valence-corrected chi connectivity index (χ3v) is 4.45. The predicted molar refractivity (Wildman–Crippen MR) is 78.3 cm³/mol. The molecule has 6 nitrogen and oxygen atoms in total. The van der Waals surface area contributed by atoms with E-state index in [1.165, 1.54) is 11.3 Å². The highest BCUT2D eigenvalue weighted by Gasteiger charge is 2.35. The van der Waals surface area contributed by atoms with E-state index in [0.29, 0.717) is 24.6 Å². The van der Waals surface area contributed by atoms with Gasteiger partial charge >= 0.3 is 0 Å². The van der Waals surface area contributed by atoms with Crippen molar-refractivity contribution in [2.45, 2.75) is 32.9 Å². The van der Waals surface area contributed by atoms with Crippen molar-refractivity contribution in [1.29, 1.82) is 0 Å². The van der Waals surface area contributed by atoms with Crippen LogP contribution in [0.25, 0.3) is 0 Å². The highest BCUT2D eigenvalue weighted by Crippen LogP contribution is 2.26. The number of aryl methyl sites for hydroxylation is 1. The zero-order valence-electron chi connectivity index (χ0n) is 12.0. The second-order valence-electron chi connectivity index (χ2n) is 4.73. The second-order valence-corrected chi connectivity index (χ2v) is 5.73. The fraction of sp³-hybridized carbons (Fsp3) is 0.692. The van der Waals surface area contributed by atoms with Crippen molar-refractivity contribution >= 4 is 22.4 Å². The molecular weight excluding hydrogens is 278 g/mol. The molecule has 2 N–H and O–H groups in total. The van der Waals surface area contributed by atoms with Crippen molar-refractivity contribution in [2.24, 2.45) is 0 Å². The van der Waals surface area contributed by atoms with Gasteiger partial charge in [-0.2, -0.15) is 0 Å². The summed E-state index contributed by atoms with van der Waals surface area (Å²) in [6.45, 7) is 7.72. The number of thiazole rings is 1. The predicted octanol–water partition coefficient (Wildman–Crippen LogP) is 1.11. The SMILES string of the molecule is CCNc1nc(C)c(C(=O)N(CC)[C@H]2COC[C@@H]2O)s1. The largest absolute Gasteiger partial charge is 0.388 e. The van der Waals surface area contributed by atoms with E-state index >= 15 is 0 Å². The van der Waals surface area contributed by atoms with Gasteiger partial charge in [0.25, 0.3) is 5.91 Å². The Morgan fingerprint density at radius 1 is 1.55 bits per heavy atom. The summed E-state index contributed by atoms with van der Waals surface area (Å²) >= 11 is 1.36. The topological polar surface area (TPSA) is 74.7 Å². The molecule has 2 rings (SSSR count). The van der Waals surface area contributed by atoms with Gasteiger partial charge in [0, 0.05) is 13.1 Å². The van der Waals surface area contributed by atoms with Crippen molar-refractivity contribution < 1.29 is 14.6 Å². The van der Waals surface area contributed by atoms with E-state index in [9.17, 15) is 9.90 Å². The smallest absolute Gasteiger partial charge is 0.266 e. The van der Waals surface area contributed by atoms with Gasteiger partial charge in [0.1, 0.15) is 4.88 Å². The quantitative estimate of drug-likeness (QED) is 0.852. The Morgan fingerprint density at radius 3 is 2.85 bits per heavy atom. The summed E-state index contributed by atoms with van der Waals surface area (Å²) in [4.78, 5) is 19.3. The Labute approximate surface area is 122 Å². The van der Waals surface area contributed by atoms with Gasteiger partial charge < -0.3 is 20.1 Å². The lowest BCUT2D eigenvalue weighted by atomic mass is 10.1. The number of hydrogen-bond acceptors (Lipinski definition) is 6. The van der Waals surface area contributed by atoms with Crippen LogP contribution in [0.4, 0.5) is 5.13 Å². The standard InChI is InChI=1S/C13H21N3O3S/c1-4-14-13-15-8(3)11(20-13)12(18)16(5-2)9-6-19-7-10(9)17/h9-10,17H,4-7H2,1-3H3,(H,14,15)/t9-,10-/m0/s1. The van der Waals surface area contributed by atoms with Gasteiger partial charge in [-0.3, -0.25) is 4.79 Å². The molecule has 20 heavy (non-hydrogen) atoms. The molecule has 1 aromatic heterocycles. The zero-order chi connectivity index (χ0) is 14.7. The number of hydrogen-bond donors (Lipinski definition) is 2. The molecule has 7 heteroatoms. The summed E-state index contributed by atoms with van der Waals surface area (Å²) in [7, 11) is 0. The lowest BCUT2D eigenvalue weighted by molar-refractivity contribution is 0.0524. The van der Waals surface area contributed by atoms with Gasteiger partial charge in [0.05, 0.1) is 31.1 Å². The van der Waals surface area contributed by atoms with Gasteiger partial charge in [-0.25, -0.2) is 4.98 Å². The van der Waals surface area contributed by atoms with Crippen LogP contribution in [-0.4, -0.2) is 59.3 Å². The molecule has 0 unspecified atom stereocenters. The van der Waals surface area contributed by atoms with E-state index in [0.717, 1.165) is 17.4 Å².